The number of hydrogen-bond acceptors (Lipinski definition) is 4. The maximum Gasteiger partial charge on any atom is 0.165 e. The van der Waals surface area contributed by atoms with E-state index in [-0.39, 0.29) is 5.69 Å². The number of pyridine rings is 1. The van der Waals surface area contributed by atoms with Crippen LogP contribution >= 0.6 is 27.5 Å². The van der Waals surface area contributed by atoms with Gasteiger partial charge in [0.2, 0.25) is 0 Å². The molecule has 90 valence electrons. The van der Waals surface area contributed by atoms with Crippen molar-refractivity contribution in [3.05, 3.63) is 45.5 Å². The van der Waals surface area contributed by atoms with Gasteiger partial charge in [0.25, 0.3) is 0 Å². The van der Waals surface area contributed by atoms with Gasteiger partial charge < -0.3 is 11.1 Å². The minimum absolute atomic E-state index is 0.197. The number of nitrogens with zero attached hydrogens (tertiary/aromatic N) is 2. The van der Waals surface area contributed by atoms with Gasteiger partial charge in [-0.1, -0.05) is 11.6 Å². The Morgan fingerprint density at radius 1 is 1.33 bits per heavy atom. The fraction of sp³-hybridized carbons (Fsp3) is 0. The van der Waals surface area contributed by atoms with Crippen molar-refractivity contribution in [2.24, 2.45) is 0 Å². The molecule has 0 amide bonds. The highest BCUT2D eigenvalue weighted by Crippen LogP contribution is 2.27. The molecule has 0 fully saturated rings. The summed E-state index contributed by atoms with van der Waals surface area (Å²) in [6.07, 6.45) is 0. The number of nitrogen functional groups attached to an aromatic ring is 1. The summed E-state index contributed by atoms with van der Waals surface area (Å²) in [5, 5.41) is 12.5. The molecule has 2 rings (SSSR count). The molecule has 1 heterocycles. The number of aromatic nitrogens is 1. The molecule has 0 saturated carbocycles. The van der Waals surface area contributed by atoms with Crippen molar-refractivity contribution in [1.29, 1.82) is 5.26 Å². The highest BCUT2D eigenvalue weighted by molar-refractivity contribution is 9.10. The van der Waals surface area contributed by atoms with E-state index in [1.165, 1.54) is 0 Å². The molecule has 2 aromatic rings. The smallest absolute Gasteiger partial charge is 0.165 e. The molecule has 18 heavy (non-hydrogen) atoms. The molecule has 0 saturated heterocycles. The van der Waals surface area contributed by atoms with Crippen LogP contribution in [0.25, 0.3) is 0 Å². The summed E-state index contributed by atoms with van der Waals surface area (Å²) in [4.78, 5) is 4.09. The quantitative estimate of drug-likeness (QED) is 0.883. The van der Waals surface area contributed by atoms with Crippen molar-refractivity contribution in [2.45, 2.75) is 0 Å². The Hall–Kier alpha value is -1.77. The highest BCUT2D eigenvalue weighted by Gasteiger charge is 2.04. The van der Waals surface area contributed by atoms with Crippen LogP contribution in [0.1, 0.15) is 5.69 Å². The van der Waals surface area contributed by atoms with E-state index in [4.69, 9.17) is 22.6 Å². The topological polar surface area (TPSA) is 74.7 Å². The summed E-state index contributed by atoms with van der Waals surface area (Å²) in [6.45, 7) is 0. The zero-order valence-electron chi connectivity index (χ0n) is 9.11. The van der Waals surface area contributed by atoms with Crippen molar-refractivity contribution >= 4 is 44.7 Å². The van der Waals surface area contributed by atoms with E-state index in [0.29, 0.717) is 16.5 Å². The molecule has 4 nitrogen and oxygen atoms in total. The Morgan fingerprint density at radius 2 is 2.11 bits per heavy atom. The van der Waals surface area contributed by atoms with E-state index < -0.39 is 0 Å². The van der Waals surface area contributed by atoms with Gasteiger partial charge in [-0.25, -0.2) is 4.98 Å². The summed E-state index contributed by atoms with van der Waals surface area (Å²) in [5.41, 5.74) is 6.93. The number of hydrogen-bond donors (Lipinski definition) is 2. The third-order valence-corrected chi connectivity index (χ3v) is 3.46. The van der Waals surface area contributed by atoms with Crippen LogP contribution in [0.15, 0.2) is 34.8 Å². The lowest BCUT2D eigenvalue weighted by atomic mass is 10.3. The zero-order chi connectivity index (χ0) is 13.1. The average Bonchev–Trinajstić information content (AvgIpc) is 2.36. The molecule has 1 aromatic heterocycles. The summed E-state index contributed by atoms with van der Waals surface area (Å²) in [7, 11) is 0. The van der Waals surface area contributed by atoms with Gasteiger partial charge in [0.1, 0.15) is 11.9 Å². The van der Waals surface area contributed by atoms with Crippen molar-refractivity contribution < 1.29 is 0 Å². The molecule has 1 aromatic carbocycles. The second-order valence-corrected chi connectivity index (χ2v) is 4.76. The van der Waals surface area contributed by atoms with Gasteiger partial charge in [-0.15, -0.1) is 0 Å². The van der Waals surface area contributed by atoms with Gasteiger partial charge in [0.15, 0.2) is 5.69 Å². The second-order valence-electron chi connectivity index (χ2n) is 3.50. The standard InChI is InChI=1S/C12H8BrClN4/c13-8-2-1-7(5-9(8)14)17-12-4-3-10(16)11(6-15)18-12/h1-5H,16H2,(H,17,18). The van der Waals surface area contributed by atoms with Gasteiger partial charge in [-0.2, -0.15) is 5.26 Å². The van der Waals surface area contributed by atoms with Crippen LogP contribution in [0.3, 0.4) is 0 Å². The van der Waals surface area contributed by atoms with Crippen molar-refractivity contribution in [1.82, 2.24) is 4.98 Å². The van der Waals surface area contributed by atoms with Crippen molar-refractivity contribution in [3.8, 4) is 6.07 Å². The molecule has 0 aliphatic carbocycles. The number of nitriles is 1. The minimum atomic E-state index is 0.197. The molecular weight excluding hydrogens is 316 g/mol. The van der Waals surface area contributed by atoms with E-state index in [1.807, 2.05) is 18.2 Å². The Bertz CT molecular complexity index is 636. The first kappa shape index (κ1) is 12.7. The number of benzene rings is 1. The maximum atomic E-state index is 8.84. The van der Waals surface area contributed by atoms with Crippen LogP contribution in [0.4, 0.5) is 17.2 Å². The van der Waals surface area contributed by atoms with Gasteiger partial charge in [0, 0.05) is 10.2 Å². The first-order chi connectivity index (χ1) is 8.60. The van der Waals surface area contributed by atoms with E-state index in [2.05, 4.69) is 26.2 Å². The summed E-state index contributed by atoms with van der Waals surface area (Å²) < 4.78 is 0.817. The van der Waals surface area contributed by atoms with Crippen LogP contribution < -0.4 is 11.1 Å². The fourth-order valence-electron chi connectivity index (χ4n) is 1.35. The van der Waals surface area contributed by atoms with Crippen molar-refractivity contribution in [2.75, 3.05) is 11.1 Å². The summed E-state index contributed by atoms with van der Waals surface area (Å²) in [5.74, 6) is 0.541. The molecule has 0 spiro atoms. The van der Waals surface area contributed by atoms with Crippen LogP contribution in [0.2, 0.25) is 5.02 Å². The van der Waals surface area contributed by atoms with Gasteiger partial charge in [0.05, 0.1) is 10.7 Å². The lowest BCUT2D eigenvalue weighted by Crippen LogP contribution is -1.98. The molecule has 0 bridgehead atoms. The SMILES string of the molecule is N#Cc1nc(Nc2ccc(Br)c(Cl)c2)ccc1N. The third-order valence-electron chi connectivity index (χ3n) is 2.22. The normalized spacial score (nSPS) is 9.83. The number of nitrogens with two attached hydrogens (primary N) is 1. The Balaban J connectivity index is 2.29. The third kappa shape index (κ3) is 2.73. The number of halogens is 2. The molecule has 0 radical (unpaired) electrons. The molecule has 0 aliphatic rings. The van der Waals surface area contributed by atoms with Gasteiger partial charge >= 0.3 is 0 Å². The van der Waals surface area contributed by atoms with Crippen LogP contribution in [0, 0.1) is 11.3 Å². The monoisotopic (exact) mass is 322 g/mol. The predicted molar refractivity (Wildman–Crippen MR) is 75.8 cm³/mol. The first-order valence-corrected chi connectivity index (χ1v) is 6.16. The highest BCUT2D eigenvalue weighted by atomic mass is 79.9. The van der Waals surface area contributed by atoms with E-state index in [9.17, 15) is 0 Å². The summed E-state index contributed by atoms with van der Waals surface area (Å²) in [6, 6.07) is 10.7. The maximum absolute atomic E-state index is 8.84. The molecule has 6 heteroatoms. The molecule has 0 unspecified atom stereocenters. The van der Waals surface area contributed by atoms with Crippen LogP contribution in [-0.2, 0) is 0 Å². The van der Waals surface area contributed by atoms with Gasteiger partial charge in [-0.3, -0.25) is 0 Å². The zero-order valence-corrected chi connectivity index (χ0v) is 11.5. The molecular formula is C12H8BrClN4. The Labute approximate surface area is 118 Å². The summed E-state index contributed by atoms with van der Waals surface area (Å²) >= 11 is 9.30. The molecule has 0 atom stereocenters. The lowest BCUT2D eigenvalue weighted by Gasteiger charge is -2.07. The molecule has 3 N–H and O–H groups in total. The minimum Gasteiger partial charge on any atom is -0.396 e. The lowest BCUT2D eigenvalue weighted by molar-refractivity contribution is 1.26. The largest absolute Gasteiger partial charge is 0.396 e. The number of anilines is 3. The van der Waals surface area contributed by atoms with Crippen molar-refractivity contribution in [3.63, 3.8) is 0 Å². The van der Waals surface area contributed by atoms with E-state index >= 15 is 0 Å². The van der Waals surface area contributed by atoms with Crippen LogP contribution in [-0.4, -0.2) is 4.98 Å². The Kier molecular flexibility index (Phi) is 3.70. The number of nitrogens with one attached hydrogen (secondary N) is 1. The Morgan fingerprint density at radius 3 is 2.78 bits per heavy atom. The predicted octanol–water partition coefficient (Wildman–Crippen LogP) is 3.69. The van der Waals surface area contributed by atoms with Gasteiger partial charge in [-0.05, 0) is 46.3 Å². The first-order valence-electron chi connectivity index (χ1n) is 4.99. The van der Waals surface area contributed by atoms with E-state index in [0.717, 1.165) is 10.2 Å². The van der Waals surface area contributed by atoms with E-state index in [1.54, 1.807) is 18.2 Å². The average molecular weight is 324 g/mol. The molecule has 0 aliphatic heterocycles. The number of rotatable bonds is 2. The second kappa shape index (κ2) is 5.25. The fourth-order valence-corrected chi connectivity index (χ4v) is 1.78. The van der Waals surface area contributed by atoms with Crippen LogP contribution in [0.5, 0.6) is 0 Å².